The molecule has 288 valence electrons. The van der Waals surface area contributed by atoms with Crippen molar-refractivity contribution in [1.82, 2.24) is 14.5 Å². The fourth-order valence-electron chi connectivity index (χ4n) is 5.08. The summed E-state index contributed by atoms with van der Waals surface area (Å²) < 4.78 is 65.8. The quantitative estimate of drug-likeness (QED) is 0.156. The van der Waals surface area contributed by atoms with Crippen LogP contribution in [0, 0.1) is 24.0 Å². The van der Waals surface area contributed by atoms with Crippen molar-refractivity contribution in [2.24, 2.45) is 12.5 Å². The molecule has 0 spiro atoms. The molecule has 4 rings (SSSR count). The molecule has 0 bridgehead atoms. The van der Waals surface area contributed by atoms with E-state index in [-0.39, 0.29) is 28.5 Å². The maximum absolute atomic E-state index is 15.3. The lowest BCUT2D eigenvalue weighted by Crippen LogP contribution is -2.44. The number of rotatable bonds is 12. The number of carbonyl (C=O) groups excluding carboxylic acids is 3. The van der Waals surface area contributed by atoms with E-state index in [2.05, 4.69) is 10.6 Å². The van der Waals surface area contributed by atoms with Gasteiger partial charge in [-0.3, -0.25) is 19.1 Å². The molecule has 0 radical (unpaired) electrons. The van der Waals surface area contributed by atoms with Gasteiger partial charge in [0.25, 0.3) is 21.5 Å². The number of benzene rings is 3. The van der Waals surface area contributed by atoms with Crippen molar-refractivity contribution in [3.63, 3.8) is 0 Å². The zero-order valence-electron chi connectivity index (χ0n) is 30.6. The van der Waals surface area contributed by atoms with E-state index in [0.29, 0.717) is 29.1 Å². The molecule has 1 heterocycles. The molecule has 4 N–H and O–H groups in total. The molecular weight excluding hydrogens is 728 g/mol. The molecule has 3 aromatic carbocycles. The van der Waals surface area contributed by atoms with E-state index >= 15 is 8.78 Å². The molecule has 1 aromatic heterocycles. The Kier molecular flexibility index (Phi) is 12.3. The molecule has 1 atom stereocenters. The number of amides is 2. The number of sulfonamides is 1. The minimum Gasteiger partial charge on any atom is -0.461 e. The molecule has 0 fully saturated rings. The number of aromatic nitrogens is 2. The molecule has 0 aliphatic carbocycles. The minimum atomic E-state index is -4.45. The molecule has 0 unspecified atom stereocenters. The second-order valence-electron chi connectivity index (χ2n) is 13.7. The number of anilines is 2. The third-order valence-corrected chi connectivity index (χ3v) is 9.64. The number of halogens is 2. The summed E-state index contributed by atoms with van der Waals surface area (Å²) in [5.74, 6) is -5.01. The molecule has 54 heavy (non-hydrogen) atoms. The van der Waals surface area contributed by atoms with E-state index in [9.17, 15) is 37.5 Å². The maximum atomic E-state index is 15.3. The maximum Gasteiger partial charge on any atom is 0.335 e. The van der Waals surface area contributed by atoms with Crippen molar-refractivity contribution in [2.75, 3.05) is 10.0 Å². The van der Waals surface area contributed by atoms with E-state index in [1.165, 1.54) is 54.9 Å². The third kappa shape index (κ3) is 9.27. The van der Waals surface area contributed by atoms with E-state index in [1.54, 1.807) is 34.6 Å². The van der Waals surface area contributed by atoms with Crippen LogP contribution >= 0.6 is 0 Å². The lowest BCUT2D eigenvalue weighted by molar-refractivity contribution is -0.149. The molecule has 17 heteroatoms. The van der Waals surface area contributed by atoms with Crippen LogP contribution < -0.4 is 26.6 Å². The van der Waals surface area contributed by atoms with Gasteiger partial charge in [0.2, 0.25) is 5.91 Å². The lowest BCUT2D eigenvalue weighted by atomic mass is 9.95. The van der Waals surface area contributed by atoms with E-state index in [4.69, 9.17) is 4.74 Å². The SMILES string of the molecule is Cc1c(CO)c(=O)n(-c2ccc(C[C@H](NC(=O)c3cc(F)c(NS(=O)(=O)c4ccc(NC(=O)C(C)(C)C)cc4)cc3F)C(=O)OC(C)C)cc2)c(=O)n1C. The van der Waals surface area contributed by atoms with Gasteiger partial charge in [-0.05, 0) is 68.8 Å². The van der Waals surface area contributed by atoms with Crippen molar-refractivity contribution >= 4 is 39.2 Å². The smallest absolute Gasteiger partial charge is 0.335 e. The van der Waals surface area contributed by atoms with Gasteiger partial charge in [0.1, 0.15) is 17.7 Å². The number of nitrogens with one attached hydrogen (secondary N) is 3. The van der Waals surface area contributed by atoms with Gasteiger partial charge in [0.15, 0.2) is 0 Å². The molecule has 0 saturated carbocycles. The highest BCUT2D eigenvalue weighted by atomic mass is 32.2. The monoisotopic (exact) mass is 769 g/mol. The zero-order chi connectivity index (χ0) is 40.3. The summed E-state index contributed by atoms with van der Waals surface area (Å²) in [5.41, 5.74) is -2.45. The first kappa shape index (κ1) is 41.1. The summed E-state index contributed by atoms with van der Waals surface area (Å²) in [6, 6.07) is 10.4. The molecular formula is C37H41F2N5O9S. The van der Waals surface area contributed by atoms with Gasteiger partial charge in [0, 0.05) is 36.3 Å². The summed E-state index contributed by atoms with van der Waals surface area (Å²) in [6.45, 7) is 9.19. The second kappa shape index (κ2) is 16.1. The molecule has 0 saturated heterocycles. The van der Waals surface area contributed by atoms with Crippen LogP contribution in [0.3, 0.4) is 0 Å². The summed E-state index contributed by atoms with van der Waals surface area (Å²) in [6.07, 6.45) is -0.814. The number of esters is 1. The highest BCUT2D eigenvalue weighted by molar-refractivity contribution is 7.92. The van der Waals surface area contributed by atoms with Crippen LogP contribution in [0.4, 0.5) is 20.2 Å². The standard InChI is InChI=1S/C37H41F2N5O9S/c1-20(2)53-34(48)31(16-22-8-12-24(13-9-22)44-33(47)27(19-45)21(3)43(7)36(44)50)41-32(46)26-17-29(39)30(18-28(26)38)42-54(51,52)25-14-10-23(11-15-25)40-35(49)37(4,5)6/h8-15,17-18,20,31,42,45H,16,19H2,1-7H3,(H,40,49)(H,41,46)/t31-/m0/s1. The van der Waals surface area contributed by atoms with Gasteiger partial charge < -0.3 is 25.0 Å². The summed E-state index contributed by atoms with van der Waals surface area (Å²) >= 11 is 0. The molecule has 0 aliphatic heterocycles. The van der Waals surface area contributed by atoms with Gasteiger partial charge in [-0.2, -0.15) is 0 Å². The lowest BCUT2D eigenvalue weighted by Gasteiger charge is -2.20. The Morgan fingerprint density at radius 3 is 2.11 bits per heavy atom. The fraction of sp³-hybridized carbons (Fsp3) is 0.324. The highest BCUT2D eigenvalue weighted by Gasteiger charge is 2.28. The Morgan fingerprint density at radius 1 is 0.944 bits per heavy atom. The number of aliphatic hydroxyl groups excluding tert-OH is 1. The Morgan fingerprint density at radius 2 is 1.56 bits per heavy atom. The summed E-state index contributed by atoms with van der Waals surface area (Å²) in [4.78, 5) is 64.0. The Labute approximate surface area is 309 Å². The normalized spacial score (nSPS) is 12.3. The number of nitrogens with zero attached hydrogens (tertiary/aromatic N) is 2. The van der Waals surface area contributed by atoms with Crippen LogP contribution in [0.5, 0.6) is 0 Å². The van der Waals surface area contributed by atoms with Crippen LogP contribution in [0.15, 0.2) is 75.1 Å². The summed E-state index contributed by atoms with van der Waals surface area (Å²) in [5, 5.41) is 14.7. The van der Waals surface area contributed by atoms with E-state index in [1.807, 2.05) is 4.72 Å². The largest absolute Gasteiger partial charge is 0.461 e. The zero-order valence-corrected chi connectivity index (χ0v) is 31.4. The van der Waals surface area contributed by atoms with Crippen LogP contribution in [0.1, 0.15) is 61.8 Å². The van der Waals surface area contributed by atoms with Gasteiger partial charge in [-0.1, -0.05) is 32.9 Å². The Hall–Kier alpha value is -5.68. The van der Waals surface area contributed by atoms with Crippen molar-refractivity contribution in [1.29, 1.82) is 0 Å². The Bertz CT molecular complexity index is 2310. The second-order valence-corrected chi connectivity index (χ2v) is 15.4. The third-order valence-electron chi connectivity index (χ3n) is 8.26. The van der Waals surface area contributed by atoms with Crippen LogP contribution in [-0.2, 0) is 44.4 Å². The van der Waals surface area contributed by atoms with Crippen LogP contribution in [0.2, 0.25) is 0 Å². The minimum absolute atomic E-state index is 0.0312. The van der Waals surface area contributed by atoms with Crippen molar-refractivity contribution in [3.8, 4) is 5.69 Å². The first-order valence-electron chi connectivity index (χ1n) is 16.6. The highest BCUT2D eigenvalue weighted by Crippen LogP contribution is 2.25. The average Bonchev–Trinajstić information content (AvgIpc) is 3.08. The first-order valence-corrected chi connectivity index (χ1v) is 18.1. The number of carbonyl (C=O) groups is 3. The number of aliphatic hydroxyl groups is 1. The number of hydrogen-bond donors (Lipinski definition) is 4. The molecule has 4 aromatic rings. The van der Waals surface area contributed by atoms with Gasteiger partial charge in [-0.15, -0.1) is 0 Å². The van der Waals surface area contributed by atoms with Crippen molar-refractivity contribution < 1.29 is 41.4 Å². The van der Waals surface area contributed by atoms with E-state index < -0.39 is 80.2 Å². The first-order chi connectivity index (χ1) is 25.1. The van der Waals surface area contributed by atoms with Gasteiger partial charge >= 0.3 is 11.7 Å². The Balaban J connectivity index is 1.55. The predicted molar refractivity (Wildman–Crippen MR) is 196 cm³/mol. The van der Waals surface area contributed by atoms with Crippen LogP contribution in [-0.4, -0.2) is 52.6 Å². The number of ether oxygens (including phenoxy) is 1. The van der Waals surface area contributed by atoms with Crippen molar-refractivity contribution in [3.05, 3.63) is 116 Å². The molecule has 14 nitrogen and oxygen atoms in total. The van der Waals surface area contributed by atoms with Crippen LogP contribution in [0.25, 0.3) is 5.69 Å². The van der Waals surface area contributed by atoms with E-state index in [0.717, 1.165) is 16.7 Å². The van der Waals surface area contributed by atoms with Crippen molar-refractivity contribution in [2.45, 2.75) is 71.6 Å². The topological polar surface area (TPSA) is 195 Å². The molecule has 2 amide bonds. The number of hydrogen-bond acceptors (Lipinski definition) is 9. The summed E-state index contributed by atoms with van der Waals surface area (Å²) in [7, 11) is -3.00. The predicted octanol–water partition coefficient (Wildman–Crippen LogP) is 3.69. The average molecular weight is 770 g/mol. The molecule has 0 aliphatic rings. The van der Waals surface area contributed by atoms with Gasteiger partial charge in [-0.25, -0.2) is 31.4 Å². The van der Waals surface area contributed by atoms with Gasteiger partial charge in [0.05, 0.1) is 40.1 Å². The fourth-order valence-corrected chi connectivity index (χ4v) is 6.14.